The van der Waals surface area contributed by atoms with Gasteiger partial charge >= 0.3 is 0 Å². The summed E-state index contributed by atoms with van der Waals surface area (Å²) in [5, 5.41) is 5.67. The number of halogens is 1. The van der Waals surface area contributed by atoms with E-state index in [0.717, 1.165) is 17.3 Å². The Kier molecular flexibility index (Phi) is 4.90. The molecule has 0 spiro atoms. The maximum absolute atomic E-state index is 13.2. The van der Waals surface area contributed by atoms with Crippen LogP contribution in [0.15, 0.2) is 70.6 Å². The molecule has 2 aromatic heterocycles. The smallest absolute Gasteiger partial charge is 0.266 e. The molecule has 2 aromatic carbocycles. The van der Waals surface area contributed by atoms with E-state index in [0.29, 0.717) is 22.3 Å². The van der Waals surface area contributed by atoms with Crippen molar-refractivity contribution < 1.29 is 9.18 Å². The molecule has 2 heterocycles. The van der Waals surface area contributed by atoms with Crippen LogP contribution in [0.5, 0.6) is 0 Å². The lowest BCUT2D eigenvalue weighted by Gasteiger charge is -2.08. The molecule has 0 saturated carbocycles. The molecule has 4 aromatic rings. The first-order valence-electron chi connectivity index (χ1n) is 8.32. The molecule has 0 aliphatic carbocycles. The Balaban J connectivity index is 1.59. The molecular formula is C19H14FN5O2S. The van der Waals surface area contributed by atoms with Crippen molar-refractivity contribution in [2.24, 2.45) is 0 Å². The van der Waals surface area contributed by atoms with Gasteiger partial charge in [-0.15, -0.1) is 0 Å². The van der Waals surface area contributed by atoms with Crippen molar-refractivity contribution >= 4 is 29.0 Å². The Morgan fingerprint density at radius 3 is 2.71 bits per heavy atom. The maximum atomic E-state index is 13.2. The number of anilines is 1. The van der Waals surface area contributed by atoms with E-state index in [1.165, 1.54) is 28.8 Å². The molecule has 0 aliphatic rings. The van der Waals surface area contributed by atoms with Crippen LogP contribution in [0.25, 0.3) is 17.0 Å². The average molecular weight is 395 g/mol. The summed E-state index contributed by atoms with van der Waals surface area (Å²) in [6, 6.07) is 16.4. The number of rotatable bonds is 5. The summed E-state index contributed by atoms with van der Waals surface area (Å²) in [5.41, 5.74) is 1.26. The molecule has 9 heteroatoms. The average Bonchev–Trinajstić information content (AvgIpc) is 3.07. The third kappa shape index (κ3) is 3.94. The first-order valence-corrected chi connectivity index (χ1v) is 9.30. The van der Waals surface area contributed by atoms with Gasteiger partial charge in [-0.05, 0) is 18.2 Å². The first kappa shape index (κ1) is 17.9. The van der Waals surface area contributed by atoms with Crippen LogP contribution in [-0.2, 0) is 4.79 Å². The largest absolute Gasteiger partial charge is 0.325 e. The highest BCUT2D eigenvalue weighted by molar-refractivity contribution is 7.99. The summed E-state index contributed by atoms with van der Waals surface area (Å²) < 4.78 is 14.7. The van der Waals surface area contributed by atoms with Gasteiger partial charge in [0.25, 0.3) is 5.56 Å². The summed E-state index contributed by atoms with van der Waals surface area (Å²) in [6.07, 6.45) is 0. The van der Waals surface area contributed by atoms with E-state index < -0.39 is 5.82 Å². The van der Waals surface area contributed by atoms with Crippen LogP contribution in [0.4, 0.5) is 10.1 Å². The number of carbonyl (C=O) groups is 1. The van der Waals surface area contributed by atoms with Gasteiger partial charge in [-0.2, -0.15) is 0 Å². The fourth-order valence-corrected chi connectivity index (χ4v) is 3.34. The van der Waals surface area contributed by atoms with Crippen molar-refractivity contribution in [3.05, 3.63) is 76.8 Å². The standard InChI is InChI=1S/C19H14FN5O2S/c20-13-7-4-8-14(9-13)21-17(27)11-28-19-23-18(12-5-2-1-3-6-12)22-15-10-16(26)24-25(15)19/h1-10H,11H2,(H,21,27)(H,24,26). The van der Waals surface area contributed by atoms with E-state index in [-0.39, 0.29) is 17.2 Å². The number of carbonyl (C=O) groups excluding carboxylic acids is 1. The van der Waals surface area contributed by atoms with E-state index >= 15 is 0 Å². The number of nitrogens with one attached hydrogen (secondary N) is 2. The van der Waals surface area contributed by atoms with Crippen molar-refractivity contribution in [2.75, 3.05) is 11.1 Å². The third-order valence-electron chi connectivity index (χ3n) is 3.80. The van der Waals surface area contributed by atoms with Crippen LogP contribution in [0.2, 0.25) is 0 Å². The van der Waals surface area contributed by atoms with E-state index in [2.05, 4.69) is 20.4 Å². The zero-order valence-electron chi connectivity index (χ0n) is 14.4. The quantitative estimate of drug-likeness (QED) is 0.507. The minimum atomic E-state index is -0.430. The molecule has 0 unspecified atom stereocenters. The number of fused-ring (bicyclic) bond motifs is 1. The number of hydrogen-bond donors (Lipinski definition) is 2. The maximum Gasteiger partial charge on any atom is 0.266 e. The van der Waals surface area contributed by atoms with Crippen LogP contribution in [-0.4, -0.2) is 31.2 Å². The second-order valence-electron chi connectivity index (χ2n) is 5.86. The molecule has 0 bridgehead atoms. The summed E-state index contributed by atoms with van der Waals surface area (Å²) in [5.74, 6) is -0.275. The van der Waals surface area contributed by atoms with Crippen molar-refractivity contribution in [1.29, 1.82) is 0 Å². The first-order chi connectivity index (χ1) is 13.6. The lowest BCUT2D eigenvalue weighted by molar-refractivity contribution is -0.113. The van der Waals surface area contributed by atoms with Gasteiger partial charge in [-0.3, -0.25) is 14.7 Å². The van der Waals surface area contributed by atoms with E-state index in [1.807, 2.05) is 30.3 Å². The number of benzene rings is 2. The van der Waals surface area contributed by atoms with Gasteiger partial charge < -0.3 is 5.32 Å². The molecule has 0 saturated heterocycles. The highest BCUT2D eigenvalue weighted by Crippen LogP contribution is 2.21. The van der Waals surface area contributed by atoms with Gasteiger partial charge in [0.2, 0.25) is 5.91 Å². The van der Waals surface area contributed by atoms with Gasteiger partial charge in [-0.25, -0.2) is 18.9 Å². The van der Waals surface area contributed by atoms with Gasteiger partial charge in [-0.1, -0.05) is 48.2 Å². The summed E-state index contributed by atoms with van der Waals surface area (Å²) in [4.78, 5) is 32.8. The zero-order valence-corrected chi connectivity index (χ0v) is 15.2. The molecule has 0 fully saturated rings. The Hall–Kier alpha value is -3.46. The lowest BCUT2D eigenvalue weighted by Crippen LogP contribution is -2.15. The number of thioether (sulfide) groups is 1. The molecule has 0 atom stereocenters. The normalized spacial score (nSPS) is 10.9. The van der Waals surface area contributed by atoms with Gasteiger partial charge in [0.1, 0.15) is 5.82 Å². The highest BCUT2D eigenvalue weighted by atomic mass is 32.2. The number of aromatic amines is 1. The van der Waals surface area contributed by atoms with Crippen LogP contribution in [0, 0.1) is 5.82 Å². The van der Waals surface area contributed by atoms with Gasteiger partial charge in [0.05, 0.1) is 5.75 Å². The molecule has 140 valence electrons. The molecular weight excluding hydrogens is 381 g/mol. The predicted molar refractivity (Wildman–Crippen MR) is 105 cm³/mol. The lowest BCUT2D eigenvalue weighted by atomic mass is 10.2. The minimum Gasteiger partial charge on any atom is -0.325 e. The zero-order chi connectivity index (χ0) is 19.5. The van der Waals surface area contributed by atoms with Crippen LogP contribution in [0.3, 0.4) is 0 Å². The molecule has 4 rings (SSSR count). The van der Waals surface area contributed by atoms with E-state index in [4.69, 9.17) is 0 Å². The Bertz CT molecular complexity index is 1210. The number of nitrogens with zero attached hydrogens (tertiary/aromatic N) is 3. The van der Waals surface area contributed by atoms with Crippen molar-refractivity contribution in [3.8, 4) is 11.4 Å². The summed E-state index contributed by atoms with van der Waals surface area (Å²) in [6.45, 7) is 0. The van der Waals surface area contributed by atoms with Crippen LogP contribution >= 0.6 is 11.8 Å². The Morgan fingerprint density at radius 1 is 1.11 bits per heavy atom. The second kappa shape index (κ2) is 7.65. The molecule has 28 heavy (non-hydrogen) atoms. The minimum absolute atomic E-state index is 0.0249. The topological polar surface area (TPSA) is 92.2 Å². The SMILES string of the molecule is O=C(CSc1nc(-c2ccccc2)nc2cc(=O)[nH]n12)Nc1cccc(F)c1. The monoisotopic (exact) mass is 395 g/mol. The number of amides is 1. The fourth-order valence-electron chi connectivity index (χ4n) is 2.59. The molecule has 0 aliphatic heterocycles. The predicted octanol–water partition coefficient (Wildman–Crippen LogP) is 2.95. The van der Waals surface area contributed by atoms with Crippen molar-refractivity contribution in [2.45, 2.75) is 5.16 Å². The number of H-pyrrole nitrogens is 1. The highest BCUT2D eigenvalue weighted by Gasteiger charge is 2.13. The van der Waals surface area contributed by atoms with Crippen LogP contribution in [0.1, 0.15) is 0 Å². The number of aromatic nitrogens is 4. The second-order valence-corrected chi connectivity index (χ2v) is 6.80. The molecule has 0 radical (unpaired) electrons. The summed E-state index contributed by atoms with van der Waals surface area (Å²) >= 11 is 1.14. The van der Waals surface area contributed by atoms with E-state index in [1.54, 1.807) is 6.07 Å². The third-order valence-corrected chi connectivity index (χ3v) is 4.74. The van der Waals surface area contributed by atoms with Gasteiger partial charge in [0.15, 0.2) is 16.6 Å². The molecule has 7 nitrogen and oxygen atoms in total. The molecule has 2 N–H and O–H groups in total. The van der Waals surface area contributed by atoms with Gasteiger partial charge in [0, 0.05) is 17.3 Å². The Morgan fingerprint density at radius 2 is 1.93 bits per heavy atom. The van der Waals surface area contributed by atoms with Crippen molar-refractivity contribution in [1.82, 2.24) is 19.6 Å². The van der Waals surface area contributed by atoms with Crippen LogP contribution < -0.4 is 10.9 Å². The summed E-state index contributed by atoms with van der Waals surface area (Å²) in [7, 11) is 0. The Labute approximate surface area is 162 Å². The number of hydrogen-bond acceptors (Lipinski definition) is 5. The fraction of sp³-hybridized carbons (Fsp3) is 0.0526. The van der Waals surface area contributed by atoms with E-state index in [9.17, 15) is 14.0 Å². The molecule has 1 amide bonds. The van der Waals surface area contributed by atoms with Crippen molar-refractivity contribution in [3.63, 3.8) is 0 Å².